The van der Waals surface area contributed by atoms with Crippen LogP contribution in [0.15, 0.2) is 23.3 Å². The Morgan fingerprint density at radius 1 is 1.48 bits per heavy atom. The summed E-state index contributed by atoms with van der Waals surface area (Å²) in [6.07, 6.45) is 4.58. The molecule has 3 rings (SSSR count). The van der Waals surface area contributed by atoms with Crippen molar-refractivity contribution >= 4 is 5.97 Å². The van der Waals surface area contributed by atoms with Crippen molar-refractivity contribution in [3.8, 4) is 11.3 Å². The van der Waals surface area contributed by atoms with Crippen molar-refractivity contribution in [3.05, 3.63) is 30.3 Å². The van der Waals surface area contributed by atoms with Crippen LogP contribution in [0.3, 0.4) is 0 Å². The van der Waals surface area contributed by atoms with E-state index in [-0.39, 0.29) is 12.2 Å². The molecule has 0 aliphatic carbocycles. The zero-order valence-electron chi connectivity index (χ0n) is 11.3. The third-order valence-electron chi connectivity index (χ3n) is 2.79. The Labute approximate surface area is 118 Å². The van der Waals surface area contributed by atoms with Crippen LogP contribution in [0.5, 0.6) is 0 Å². The number of ether oxygens (including phenoxy) is 1. The van der Waals surface area contributed by atoms with Gasteiger partial charge >= 0.3 is 5.97 Å². The molecule has 0 fully saturated rings. The highest BCUT2D eigenvalue weighted by molar-refractivity contribution is 5.93. The molecular formula is C11H11N7O3. The minimum atomic E-state index is -0.576. The molecule has 0 N–H and O–H groups in total. The molecule has 108 valence electrons. The molecule has 10 nitrogen and oxygen atoms in total. The average Bonchev–Trinajstić information content (AvgIpc) is 3.19. The molecule has 10 heteroatoms. The summed E-state index contributed by atoms with van der Waals surface area (Å²) < 4.78 is 12.5. The first-order valence-electron chi connectivity index (χ1n) is 5.95. The molecule has 3 heterocycles. The number of rotatable bonds is 4. The number of nitrogens with zero attached hydrogens (tertiary/aromatic N) is 7. The van der Waals surface area contributed by atoms with E-state index in [2.05, 4.69) is 30.1 Å². The van der Waals surface area contributed by atoms with Crippen molar-refractivity contribution in [3.63, 3.8) is 0 Å². The lowest BCUT2D eigenvalue weighted by Gasteiger charge is -2.03. The van der Waals surface area contributed by atoms with Crippen molar-refractivity contribution in [2.75, 3.05) is 7.11 Å². The van der Waals surface area contributed by atoms with Gasteiger partial charge in [-0.25, -0.2) is 9.48 Å². The second-order valence-corrected chi connectivity index (χ2v) is 4.19. The largest absolute Gasteiger partial charge is 0.464 e. The van der Waals surface area contributed by atoms with Gasteiger partial charge in [0.05, 0.1) is 13.3 Å². The molecule has 3 aromatic heterocycles. The van der Waals surface area contributed by atoms with Gasteiger partial charge in [-0.2, -0.15) is 10.1 Å². The van der Waals surface area contributed by atoms with Gasteiger partial charge in [-0.1, -0.05) is 10.4 Å². The Balaban J connectivity index is 2.07. The Kier molecular flexibility index (Phi) is 3.18. The molecule has 0 spiro atoms. The first kappa shape index (κ1) is 13.0. The fourth-order valence-electron chi connectivity index (χ4n) is 1.88. The summed E-state index contributed by atoms with van der Waals surface area (Å²) in [7, 11) is 3.06. The van der Waals surface area contributed by atoms with E-state index < -0.39 is 5.97 Å². The van der Waals surface area contributed by atoms with Gasteiger partial charge in [0.15, 0.2) is 11.5 Å². The van der Waals surface area contributed by atoms with Crippen LogP contribution in [0.25, 0.3) is 11.3 Å². The standard InChI is InChI=1S/C11H11N7O3/c1-17-4-7(3-13-17)10-9(11(19)20-2)14-16-18(10)5-8-12-6-21-15-8/h3-4,6H,5H2,1-2H3. The van der Waals surface area contributed by atoms with Gasteiger partial charge in [0.25, 0.3) is 0 Å². The van der Waals surface area contributed by atoms with E-state index >= 15 is 0 Å². The first-order valence-corrected chi connectivity index (χ1v) is 5.95. The molecule has 3 aromatic rings. The van der Waals surface area contributed by atoms with E-state index in [0.29, 0.717) is 17.1 Å². The number of aryl methyl sites for hydroxylation is 1. The zero-order valence-corrected chi connectivity index (χ0v) is 11.3. The van der Waals surface area contributed by atoms with E-state index in [0.717, 1.165) is 0 Å². The fourth-order valence-corrected chi connectivity index (χ4v) is 1.88. The third kappa shape index (κ3) is 2.38. The quantitative estimate of drug-likeness (QED) is 0.611. The molecule has 0 aliphatic rings. The minimum Gasteiger partial charge on any atom is -0.464 e. The normalized spacial score (nSPS) is 10.8. The Morgan fingerprint density at radius 2 is 2.33 bits per heavy atom. The van der Waals surface area contributed by atoms with Crippen LogP contribution in [0.4, 0.5) is 0 Å². The van der Waals surface area contributed by atoms with Crippen molar-refractivity contribution in [2.24, 2.45) is 7.05 Å². The smallest absolute Gasteiger partial charge is 0.360 e. The fraction of sp³-hybridized carbons (Fsp3) is 0.273. The molecule has 0 unspecified atom stereocenters. The minimum absolute atomic E-state index is 0.106. The van der Waals surface area contributed by atoms with Crippen molar-refractivity contribution in [1.29, 1.82) is 0 Å². The molecule has 0 saturated carbocycles. The summed E-state index contributed by atoms with van der Waals surface area (Å²) in [5, 5.41) is 15.6. The summed E-state index contributed by atoms with van der Waals surface area (Å²) >= 11 is 0. The highest BCUT2D eigenvalue weighted by Crippen LogP contribution is 2.22. The topological polar surface area (TPSA) is 114 Å². The zero-order chi connectivity index (χ0) is 14.8. The van der Waals surface area contributed by atoms with Crippen LogP contribution in [0.2, 0.25) is 0 Å². The second-order valence-electron chi connectivity index (χ2n) is 4.19. The number of carbonyl (C=O) groups excluding carboxylic acids is 1. The van der Waals surface area contributed by atoms with Crippen LogP contribution in [-0.4, -0.2) is 48.0 Å². The van der Waals surface area contributed by atoms with E-state index in [1.165, 1.54) is 18.2 Å². The molecule has 0 saturated heterocycles. The van der Waals surface area contributed by atoms with Crippen molar-refractivity contribution in [1.82, 2.24) is 34.9 Å². The van der Waals surface area contributed by atoms with Crippen LogP contribution >= 0.6 is 0 Å². The maximum absolute atomic E-state index is 11.8. The lowest BCUT2D eigenvalue weighted by atomic mass is 10.2. The summed E-state index contributed by atoms with van der Waals surface area (Å²) in [4.78, 5) is 15.7. The van der Waals surface area contributed by atoms with Gasteiger partial charge in [-0.05, 0) is 0 Å². The summed E-state index contributed by atoms with van der Waals surface area (Å²) in [5.41, 5.74) is 1.28. The molecule has 0 radical (unpaired) electrons. The van der Waals surface area contributed by atoms with Crippen LogP contribution in [0, 0.1) is 0 Å². The second kappa shape index (κ2) is 5.15. The average molecular weight is 289 g/mol. The van der Waals surface area contributed by atoms with E-state index in [1.54, 1.807) is 24.1 Å². The molecule has 0 aromatic carbocycles. The number of hydrogen-bond donors (Lipinski definition) is 0. The first-order chi connectivity index (χ1) is 10.2. The summed E-state index contributed by atoms with van der Waals surface area (Å²) in [5.74, 6) is -0.158. The molecular weight excluding hydrogens is 278 g/mol. The number of hydrogen-bond acceptors (Lipinski definition) is 8. The van der Waals surface area contributed by atoms with E-state index in [9.17, 15) is 4.79 Å². The lowest BCUT2D eigenvalue weighted by Crippen LogP contribution is -2.08. The van der Waals surface area contributed by atoms with Gasteiger partial charge in [-0.3, -0.25) is 4.68 Å². The maximum atomic E-state index is 11.8. The number of methoxy groups -OCH3 is 1. The van der Waals surface area contributed by atoms with Gasteiger partial charge in [-0.15, -0.1) is 5.10 Å². The third-order valence-corrected chi connectivity index (χ3v) is 2.79. The van der Waals surface area contributed by atoms with Gasteiger partial charge in [0.2, 0.25) is 6.39 Å². The van der Waals surface area contributed by atoms with Gasteiger partial charge in [0.1, 0.15) is 12.2 Å². The predicted octanol–water partition coefficient (Wildman–Crippen LogP) is -0.104. The predicted molar refractivity (Wildman–Crippen MR) is 67.0 cm³/mol. The van der Waals surface area contributed by atoms with Gasteiger partial charge < -0.3 is 9.26 Å². The van der Waals surface area contributed by atoms with Crippen LogP contribution in [0.1, 0.15) is 16.3 Å². The maximum Gasteiger partial charge on any atom is 0.360 e. The Hall–Kier alpha value is -3.04. The molecule has 0 aliphatic heterocycles. The molecule has 0 bridgehead atoms. The van der Waals surface area contributed by atoms with Crippen LogP contribution in [-0.2, 0) is 18.3 Å². The molecule has 0 amide bonds. The highest BCUT2D eigenvalue weighted by Gasteiger charge is 2.23. The summed E-state index contributed by atoms with van der Waals surface area (Å²) in [6.45, 7) is 0.213. The lowest BCUT2D eigenvalue weighted by molar-refractivity contribution is 0.0595. The summed E-state index contributed by atoms with van der Waals surface area (Å²) in [6, 6.07) is 0. The molecule has 21 heavy (non-hydrogen) atoms. The number of esters is 1. The SMILES string of the molecule is COC(=O)c1nnn(Cc2ncon2)c1-c1cnn(C)c1. The van der Waals surface area contributed by atoms with Crippen molar-refractivity contribution < 1.29 is 14.1 Å². The van der Waals surface area contributed by atoms with Crippen molar-refractivity contribution in [2.45, 2.75) is 6.54 Å². The number of carbonyl (C=O) groups is 1. The monoisotopic (exact) mass is 289 g/mol. The Morgan fingerprint density at radius 3 is 2.95 bits per heavy atom. The highest BCUT2D eigenvalue weighted by atomic mass is 16.5. The van der Waals surface area contributed by atoms with Gasteiger partial charge in [0, 0.05) is 18.8 Å². The Bertz CT molecular complexity index is 759. The van der Waals surface area contributed by atoms with E-state index in [1.807, 2.05) is 0 Å². The van der Waals surface area contributed by atoms with Crippen LogP contribution < -0.4 is 0 Å². The van der Waals surface area contributed by atoms with E-state index in [4.69, 9.17) is 4.74 Å². The number of aromatic nitrogens is 7. The molecule has 0 atom stereocenters.